The molecule has 1 aliphatic carbocycles. The van der Waals surface area contributed by atoms with E-state index in [0.717, 1.165) is 25.7 Å². The molecule has 0 unspecified atom stereocenters. The van der Waals surface area contributed by atoms with Gasteiger partial charge in [0.2, 0.25) is 0 Å². The molecule has 0 spiro atoms. The lowest BCUT2D eigenvalue weighted by molar-refractivity contribution is -0.144. The molecule has 2 nitrogen and oxygen atoms in total. The van der Waals surface area contributed by atoms with Crippen LogP contribution in [0.15, 0.2) is 36.4 Å². The lowest BCUT2D eigenvalue weighted by Gasteiger charge is -2.28. The van der Waals surface area contributed by atoms with Crippen molar-refractivity contribution in [1.82, 2.24) is 0 Å². The van der Waals surface area contributed by atoms with Crippen molar-refractivity contribution in [3.05, 3.63) is 47.5 Å². The first-order valence-electron chi connectivity index (χ1n) is 9.15. The number of rotatable bonds is 7. The van der Waals surface area contributed by atoms with Crippen molar-refractivity contribution >= 4 is 5.97 Å². The van der Waals surface area contributed by atoms with E-state index in [4.69, 9.17) is 4.74 Å². The van der Waals surface area contributed by atoms with Gasteiger partial charge in [0.1, 0.15) is 6.10 Å². The van der Waals surface area contributed by atoms with Crippen LogP contribution in [0, 0.1) is 0 Å². The number of benzene rings is 1. The summed E-state index contributed by atoms with van der Waals surface area (Å²) in [4.78, 5) is 11.5. The predicted octanol–water partition coefficient (Wildman–Crippen LogP) is 5.56. The molecular weight excluding hydrogens is 284 g/mol. The van der Waals surface area contributed by atoms with E-state index in [9.17, 15) is 4.79 Å². The number of allylic oxidation sites excluding steroid dienone is 1. The summed E-state index contributed by atoms with van der Waals surface area (Å²) >= 11 is 0. The number of esters is 1. The van der Waals surface area contributed by atoms with Gasteiger partial charge in [0.05, 0.1) is 0 Å². The molecule has 0 N–H and O–H groups in total. The molecule has 0 bridgehead atoms. The van der Waals surface area contributed by atoms with Crippen LogP contribution in [0.4, 0.5) is 0 Å². The molecule has 0 radical (unpaired) electrons. The molecule has 2 rings (SSSR count). The Labute approximate surface area is 140 Å². The van der Waals surface area contributed by atoms with Gasteiger partial charge in [-0.05, 0) is 62.5 Å². The van der Waals surface area contributed by atoms with Gasteiger partial charge in [-0.25, -0.2) is 4.79 Å². The number of aryl methyl sites for hydroxylation is 1. The van der Waals surface area contributed by atoms with Gasteiger partial charge >= 0.3 is 5.97 Å². The quantitative estimate of drug-likeness (QED) is 0.374. The molecule has 126 valence electrons. The first kappa shape index (κ1) is 17.8. The number of unbranched alkanes of at least 4 members (excludes halogenated alkanes) is 2. The van der Waals surface area contributed by atoms with Crippen LogP contribution >= 0.6 is 0 Å². The highest BCUT2D eigenvalue weighted by atomic mass is 16.5. The van der Waals surface area contributed by atoms with E-state index in [-0.39, 0.29) is 12.1 Å². The number of hydrogen-bond acceptors (Lipinski definition) is 2. The zero-order chi connectivity index (χ0) is 16.5. The van der Waals surface area contributed by atoms with E-state index >= 15 is 0 Å². The molecule has 1 aromatic carbocycles. The van der Waals surface area contributed by atoms with Gasteiger partial charge in [0.15, 0.2) is 0 Å². The fourth-order valence-electron chi connectivity index (χ4n) is 3.39. The van der Waals surface area contributed by atoms with Crippen molar-refractivity contribution in [2.75, 3.05) is 0 Å². The maximum absolute atomic E-state index is 11.5. The van der Waals surface area contributed by atoms with Crippen LogP contribution in [0.3, 0.4) is 0 Å². The van der Waals surface area contributed by atoms with Crippen molar-refractivity contribution in [2.45, 2.75) is 77.2 Å². The second-order valence-corrected chi connectivity index (χ2v) is 6.61. The van der Waals surface area contributed by atoms with Crippen LogP contribution in [0.2, 0.25) is 0 Å². The fourth-order valence-corrected chi connectivity index (χ4v) is 3.39. The summed E-state index contributed by atoms with van der Waals surface area (Å²) < 4.78 is 5.46. The standard InChI is InChI=1S/C21H30O2/c1-3-5-6-8-17-9-11-18(12-10-17)19-13-15-20(16-14-19)23-21(22)7-4-2/h4,7,9-12,19-20H,3,5-6,8,13-16H2,1-2H3/b7-4+. The maximum atomic E-state index is 11.5. The Balaban J connectivity index is 1.79. The second kappa shape index (κ2) is 9.54. The molecule has 0 saturated heterocycles. The lowest BCUT2D eigenvalue weighted by Crippen LogP contribution is -2.23. The summed E-state index contributed by atoms with van der Waals surface area (Å²) in [5, 5.41) is 0. The average molecular weight is 314 g/mol. The molecule has 1 fully saturated rings. The third kappa shape index (κ3) is 5.85. The third-order valence-electron chi connectivity index (χ3n) is 4.78. The van der Waals surface area contributed by atoms with Crippen LogP contribution in [-0.4, -0.2) is 12.1 Å². The molecule has 0 aromatic heterocycles. The largest absolute Gasteiger partial charge is 0.459 e. The molecule has 23 heavy (non-hydrogen) atoms. The van der Waals surface area contributed by atoms with E-state index in [1.165, 1.54) is 42.9 Å². The minimum Gasteiger partial charge on any atom is -0.459 e. The molecule has 0 amide bonds. The van der Waals surface area contributed by atoms with Gasteiger partial charge < -0.3 is 4.74 Å². The molecule has 1 saturated carbocycles. The van der Waals surface area contributed by atoms with Crippen molar-refractivity contribution in [2.24, 2.45) is 0 Å². The fraction of sp³-hybridized carbons (Fsp3) is 0.571. The Bertz CT molecular complexity index is 493. The molecule has 1 aromatic rings. The third-order valence-corrected chi connectivity index (χ3v) is 4.78. The van der Waals surface area contributed by atoms with Gasteiger partial charge in [-0.1, -0.05) is 50.1 Å². The normalized spacial score (nSPS) is 21.5. The Morgan fingerprint density at radius 1 is 1.13 bits per heavy atom. The van der Waals surface area contributed by atoms with E-state index in [2.05, 4.69) is 31.2 Å². The number of ether oxygens (including phenoxy) is 1. The Kier molecular flexibility index (Phi) is 7.38. The van der Waals surface area contributed by atoms with Gasteiger partial charge in [-0.15, -0.1) is 0 Å². The van der Waals surface area contributed by atoms with Crippen molar-refractivity contribution in [3.63, 3.8) is 0 Å². The predicted molar refractivity (Wildman–Crippen MR) is 95.6 cm³/mol. The summed E-state index contributed by atoms with van der Waals surface area (Å²) in [7, 11) is 0. The number of carbonyl (C=O) groups excluding carboxylic acids is 1. The van der Waals surface area contributed by atoms with E-state index in [1.807, 2.05) is 6.92 Å². The van der Waals surface area contributed by atoms with Crippen molar-refractivity contribution in [3.8, 4) is 0 Å². The van der Waals surface area contributed by atoms with Crippen LogP contribution < -0.4 is 0 Å². The Hall–Kier alpha value is -1.57. The molecular formula is C21H30O2. The summed E-state index contributed by atoms with van der Waals surface area (Å²) in [5.74, 6) is 0.420. The highest BCUT2D eigenvalue weighted by molar-refractivity contribution is 5.81. The molecule has 0 atom stereocenters. The Morgan fingerprint density at radius 2 is 1.83 bits per heavy atom. The van der Waals surface area contributed by atoms with Crippen molar-refractivity contribution < 1.29 is 9.53 Å². The number of hydrogen-bond donors (Lipinski definition) is 0. The van der Waals surface area contributed by atoms with Crippen LogP contribution in [0.1, 0.15) is 75.8 Å². The Morgan fingerprint density at radius 3 is 2.43 bits per heavy atom. The van der Waals surface area contributed by atoms with Gasteiger partial charge in [0, 0.05) is 6.08 Å². The van der Waals surface area contributed by atoms with Gasteiger partial charge in [-0.2, -0.15) is 0 Å². The molecule has 1 aliphatic rings. The van der Waals surface area contributed by atoms with E-state index in [1.54, 1.807) is 6.08 Å². The van der Waals surface area contributed by atoms with E-state index in [0.29, 0.717) is 5.92 Å². The monoisotopic (exact) mass is 314 g/mol. The maximum Gasteiger partial charge on any atom is 0.330 e. The van der Waals surface area contributed by atoms with Crippen molar-refractivity contribution in [1.29, 1.82) is 0 Å². The summed E-state index contributed by atoms with van der Waals surface area (Å²) in [6.45, 7) is 4.08. The molecule has 2 heteroatoms. The van der Waals surface area contributed by atoms with E-state index < -0.39 is 0 Å². The summed E-state index contributed by atoms with van der Waals surface area (Å²) in [5.41, 5.74) is 2.90. The van der Waals surface area contributed by atoms with Gasteiger partial charge in [0.25, 0.3) is 0 Å². The summed E-state index contributed by atoms with van der Waals surface area (Å²) in [6, 6.07) is 9.20. The summed E-state index contributed by atoms with van der Waals surface area (Å²) in [6.07, 6.45) is 12.6. The SMILES string of the molecule is C/C=C/C(=O)OC1CCC(c2ccc(CCCCC)cc2)CC1. The first-order chi connectivity index (χ1) is 11.2. The van der Waals surface area contributed by atoms with Crippen LogP contribution in [0.25, 0.3) is 0 Å². The van der Waals surface area contributed by atoms with Crippen LogP contribution in [0.5, 0.6) is 0 Å². The molecule has 0 aliphatic heterocycles. The smallest absolute Gasteiger partial charge is 0.330 e. The minimum atomic E-state index is -0.201. The highest BCUT2D eigenvalue weighted by Gasteiger charge is 2.24. The first-order valence-corrected chi connectivity index (χ1v) is 9.15. The molecule has 0 heterocycles. The highest BCUT2D eigenvalue weighted by Crippen LogP contribution is 2.34. The zero-order valence-corrected chi connectivity index (χ0v) is 14.6. The number of carbonyl (C=O) groups is 1. The lowest BCUT2D eigenvalue weighted by atomic mass is 9.82. The van der Waals surface area contributed by atoms with Crippen LogP contribution in [-0.2, 0) is 16.0 Å². The van der Waals surface area contributed by atoms with Gasteiger partial charge in [-0.3, -0.25) is 0 Å². The second-order valence-electron chi connectivity index (χ2n) is 6.61. The average Bonchev–Trinajstić information content (AvgIpc) is 2.57. The minimum absolute atomic E-state index is 0.100. The topological polar surface area (TPSA) is 26.3 Å². The zero-order valence-electron chi connectivity index (χ0n) is 14.6.